The maximum absolute atomic E-state index is 13.7. The Morgan fingerprint density at radius 2 is 1.45 bits per heavy atom. The van der Waals surface area contributed by atoms with Crippen molar-refractivity contribution in [2.45, 2.75) is 96.8 Å². The van der Waals surface area contributed by atoms with E-state index < -0.39 is 75.9 Å². The minimum absolute atomic E-state index is 0.0198. The van der Waals surface area contributed by atoms with Gasteiger partial charge in [0.05, 0.1) is 5.38 Å². The highest BCUT2D eigenvalue weighted by Gasteiger charge is 2.46. The van der Waals surface area contributed by atoms with Crippen LogP contribution in [0.5, 0.6) is 0 Å². The third-order valence-corrected chi connectivity index (χ3v) is 7.37. The van der Waals surface area contributed by atoms with Gasteiger partial charge in [-0.05, 0) is 36.0 Å². The van der Waals surface area contributed by atoms with E-state index in [1.165, 1.54) is 4.90 Å². The smallest absolute Gasteiger partial charge is 0.326 e. The minimum Gasteiger partial charge on any atom is -0.480 e. The first-order valence-corrected chi connectivity index (χ1v) is 13.2. The molecule has 2 rings (SSSR count). The third kappa shape index (κ3) is 7.58. The van der Waals surface area contributed by atoms with Crippen LogP contribution in [0.25, 0.3) is 0 Å². The van der Waals surface area contributed by atoms with Crippen molar-refractivity contribution in [3.8, 4) is 0 Å². The van der Waals surface area contributed by atoms with Gasteiger partial charge in [0.2, 0.25) is 17.6 Å². The van der Waals surface area contributed by atoms with Crippen molar-refractivity contribution in [2.24, 2.45) is 22.5 Å². The number of carboxylic acids is 1. The number of hydrogen-bond donors (Lipinski definition) is 5. The summed E-state index contributed by atoms with van der Waals surface area (Å²) in [6, 6.07) is -5.32. The molecule has 1 heterocycles. The van der Waals surface area contributed by atoms with Crippen molar-refractivity contribution in [3.63, 3.8) is 0 Å². The van der Waals surface area contributed by atoms with Crippen LogP contribution in [0.15, 0.2) is 0 Å². The Balaban J connectivity index is 2.24. The molecule has 0 spiro atoms. The number of halogens is 1. The van der Waals surface area contributed by atoms with Gasteiger partial charge in [-0.1, -0.05) is 48.0 Å². The predicted molar refractivity (Wildman–Crippen MR) is 139 cm³/mol. The number of carboxylic acid groups (broad SMARTS) is 1. The van der Waals surface area contributed by atoms with Crippen LogP contribution in [0.4, 0.5) is 4.79 Å². The first-order valence-electron chi connectivity index (χ1n) is 12.7. The molecule has 1 saturated carbocycles. The van der Waals surface area contributed by atoms with Gasteiger partial charge >= 0.3 is 12.0 Å². The molecule has 12 nitrogen and oxygen atoms in total. The maximum atomic E-state index is 13.7. The fourth-order valence-corrected chi connectivity index (χ4v) is 4.93. The van der Waals surface area contributed by atoms with Gasteiger partial charge in [0.15, 0.2) is 0 Å². The average Bonchev–Trinajstić information content (AvgIpc) is 3.13. The normalized spacial score (nSPS) is 22.4. The molecule has 0 aromatic rings. The molecule has 2 unspecified atom stereocenters. The van der Waals surface area contributed by atoms with Gasteiger partial charge in [0.1, 0.15) is 24.2 Å². The van der Waals surface area contributed by atoms with Gasteiger partial charge in [-0.2, -0.15) is 0 Å². The highest BCUT2D eigenvalue weighted by molar-refractivity contribution is 6.38. The van der Waals surface area contributed by atoms with E-state index in [1.54, 1.807) is 41.5 Å². The van der Waals surface area contributed by atoms with Crippen molar-refractivity contribution >= 4 is 47.1 Å². The second kappa shape index (κ2) is 11.9. The zero-order valence-corrected chi connectivity index (χ0v) is 23.6. The Morgan fingerprint density at radius 3 is 1.87 bits per heavy atom. The number of nitrogens with two attached hydrogens (primary N) is 1. The van der Waals surface area contributed by atoms with E-state index in [1.807, 2.05) is 0 Å². The number of Topliss-reactive ketones (excluding diaryl/α,β-unsaturated/α-hetero) is 1. The molecule has 0 aromatic heterocycles. The molecule has 5 atom stereocenters. The van der Waals surface area contributed by atoms with E-state index in [0.29, 0.717) is 12.8 Å². The topological polar surface area (TPSA) is 188 Å². The molecule has 0 aromatic carbocycles. The molecule has 13 heteroatoms. The quantitative estimate of drug-likeness (QED) is 0.204. The van der Waals surface area contributed by atoms with E-state index in [0.717, 1.165) is 6.42 Å². The number of nitrogens with zero attached hydrogens (tertiary/aromatic N) is 1. The van der Waals surface area contributed by atoms with E-state index in [9.17, 15) is 33.9 Å². The van der Waals surface area contributed by atoms with E-state index in [4.69, 9.17) is 17.3 Å². The summed E-state index contributed by atoms with van der Waals surface area (Å²) in [5.74, 6) is -4.69. The van der Waals surface area contributed by atoms with Crippen molar-refractivity contribution in [2.75, 3.05) is 6.54 Å². The van der Waals surface area contributed by atoms with E-state index >= 15 is 0 Å². The molecule has 0 bridgehead atoms. The summed E-state index contributed by atoms with van der Waals surface area (Å²) in [6.45, 7) is 10.2. The van der Waals surface area contributed by atoms with Crippen LogP contribution in [0.2, 0.25) is 0 Å². The van der Waals surface area contributed by atoms with Gasteiger partial charge in [0, 0.05) is 6.54 Å². The largest absolute Gasteiger partial charge is 0.480 e. The molecule has 38 heavy (non-hydrogen) atoms. The van der Waals surface area contributed by atoms with Gasteiger partial charge in [-0.25, -0.2) is 9.59 Å². The number of likely N-dealkylation sites (tertiary alicyclic amines) is 1. The van der Waals surface area contributed by atoms with Crippen LogP contribution in [0.1, 0.15) is 67.2 Å². The number of ketones is 1. The molecular formula is C25H40ClN5O7. The van der Waals surface area contributed by atoms with Crippen molar-refractivity contribution in [1.82, 2.24) is 20.9 Å². The van der Waals surface area contributed by atoms with Crippen LogP contribution in [-0.2, 0) is 24.0 Å². The molecule has 1 saturated heterocycles. The second-order valence-electron chi connectivity index (χ2n) is 12.3. The standard InChI is InChI=1S/C25H40ClN5O7/c1-24(2,3)17(29-23(38)30-18(22(36)37)25(4,5)6)21(35)31-11-13(26)10-14(31)20(34)28-15(12-8-7-9-12)16(32)19(27)33/h12-15,17-18H,7-11H2,1-6H3,(H2,27,33)(H,28,34)(H,36,37)(H2,29,30,38)/t13-,14+,15?,17-,18?/m1/s1. The molecule has 2 fully saturated rings. The first kappa shape index (κ1) is 31.3. The van der Waals surface area contributed by atoms with Gasteiger partial charge in [0.25, 0.3) is 5.91 Å². The summed E-state index contributed by atoms with van der Waals surface area (Å²) in [7, 11) is 0. The molecular weight excluding hydrogens is 518 g/mol. The van der Waals surface area contributed by atoms with Crippen molar-refractivity contribution in [1.29, 1.82) is 0 Å². The van der Waals surface area contributed by atoms with Crippen LogP contribution in [0, 0.1) is 16.7 Å². The number of carbonyl (C=O) groups is 6. The summed E-state index contributed by atoms with van der Waals surface area (Å²) in [5.41, 5.74) is 3.57. The summed E-state index contributed by atoms with van der Waals surface area (Å²) >= 11 is 6.34. The average molecular weight is 558 g/mol. The molecule has 5 amide bonds. The Morgan fingerprint density at radius 1 is 0.921 bits per heavy atom. The van der Waals surface area contributed by atoms with Crippen LogP contribution < -0.4 is 21.7 Å². The fourth-order valence-electron chi connectivity index (χ4n) is 4.62. The lowest BCUT2D eigenvalue weighted by Crippen LogP contribution is -2.62. The molecule has 2 aliphatic rings. The lowest BCUT2D eigenvalue weighted by atomic mass is 9.78. The summed E-state index contributed by atoms with van der Waals surface area (Å²) < 4.78 is 0. The fraction of sp³-hybridized carbons (Fsp3) is 0.760. The maximum Gasteiger partial charge on any atom is 0.326 e. The van der Waals surface area contributed by atoms with Crippen molar-refractivity contribution in [3.05, 3.63) is 0 Å². The SMILES string of the molecule is CC(C)(C)C(NC(=O)N[C@H](C(=O)N1C[C@H](Cl)C[C@H]1C(=O)NC(C(=O)C(N)=O)C1CCC1)C(C)(C)C)C(=O)O. The summed E-state index contributed by atoms with van der Waals surface area (Å²) in [6.07, 6.45) is 2.29. The predicted octanol–water partition coefficient (Wildman–Crippen LogP) is 0.747. The Labute approximate surface area is 227 Å². The zero-order valence-electron chi connectivity index (χ0n) is 22.8. The lowest BCUT2D eigenvalue weighted by molar-refractivity contribution is -0.144. The van der Waals surface area contributed by atoms with Gasteiger partial charge in [-0.15, -0.1) is 11.6 Å². The Bertz CT molecular complexity index is 970. The highest BCUT2D eigenvalue weighted by atomic mass is 35.5. The van der Waals surface area contributed by atoms with Crippen LogP contribution >= 0.6 is 11.6 Å². The van der Waals surface area contributed by atoms with Crippen LogP contribution in [0.3, 0.4) is 0 Å². The van der Waals surface area contributed by atoms with Crippen LogP contribution in [-0.4, -0.2) is 81.6 Å². The van der Waals surface area contributed by atoms with Gasteiger partial charge < -0.3 is 31.7 Å². The summed E-state index contributed by atoms with van der Waals surface area (Å²) in [5, 5.41) is 16.6. The molecule has 214 valence electrons. The monoisotopic (exact) mass is 557 g/mol. The molecule has 0 radical (unpaired) electrons. The van der Waals surface area contributed by atoms with Crippen molar-refractivity contribution < 1.29 is 33.9 Å². The number of amides is 5. The highest BCUT2D eigenvalue weighted by Crippen LogP contribution is 2.32. The number of primary amides is 1. The lowest BCUT2D eigenvalue weighted by Gasteiger charge is -2.37. The number of carbonyl (C=O) groups excluding carboxylic acids is 5. The molecule has 1 aliphatic carbocycles. The number of rotatable bonds is 9. The number of aliphatic carboxylic acids is 1. The molecule has 1 aliphatic heterocycles. The summed E-state index contributed by atoms with van der Waals surface area (Å²) in [4.78, 5) is 76.7. The zero-order chi connectivity index (χ0) is 29.2. The Kier molecular flexibility index (Phi) is 9.79. The number of urea groups is 1. The number of nitrogens with one attached hydrogen (secondary N) is 3. The van der Waals surface area contributed by atoms with E-state index in [2.05, 4.69) is 16.0 Å². The number of alkyl halides is 1. The van der Waals surface area contributed by atoms with E-state index in [-0.39, 0.29) is 18.9 Å². The number of hydrogen-bond acceptors (Lipinski definition) is 6. The Hall–Kier alpha value is -2.89. The second-order valence-corrected chi connectivity index (χ2v) is 12.9. The first-order chi connectivity index (χ1) is 17.3. The van der Waals surface area contributed by atoms with Gasteiger partial charge in [-0.3, -0.25) is 19.2 Å². The minimum atomic E-state index is -1.22. The molecule has 6 N–H and O–H groups in total. The third-order valence-electron chi connectivity index (χ3n) is 7.06.